The molecule has 6 aromatic heterocycles. The molecule has 2 aromatic carbocycles. The minimum Gasteiger partial charge on any atom is -0.481 e. The highest BCUT2D eigenvalue weighted by Crippen LogP contribution is 2.26. The number of benzene rings is 2. The largest absolute Gasteiger partial charge is 0.488 e. The van der Waals surface area contributed by atoms with Gasteiger partial charge < -0.3 is 65.3 Å². The van der Waals surface area contributed by atoms with Crippen molar-refractivity contribution in [2.24, 2.45) is 11.7 Å². The predicted molar refractivity (Wildman–Crippen MR) is 470 cm³/mol. The van der Waals surface area contributed by atoms with E-state index in [0.717, 1.165) is 154 Å². The van der Waals surface area contributed by atoms with Crippen LogP contribution in [-0.4, -0.2) is 225 Å². The van der Waals surface area contributed by atoms with Crippen molar-refractivity contribution < 1.29 is 84.7 Å². The molecule has 6 heterocycles. The third kappa shape index (κ3) is 42.5. The Bertz CT molecular complexity index is 4310. The van der Waals surface area contributed by atoms with Gasteiger partial charge in [0.25, 0.3) is 19.3 Å². The second-order valence-corrected chi connectivity index (χ2v) is 32.4. The van der Waals surface area contributed by atoms with Gasteiger partial charge in [0.15, 0.2) is 0 Å². The second-order valence-electron chi connectivity index (χ2n) is 30.6. The van der Waals surface area contributed by atoms with E-state index in [-0.39, 0.29) is 19.8 Å². The van der Waals surface area contributed by atoms with Crippen molar-refractivity contribution >= 4 is 68.2 Å². The molecule has 3 aliphatic rings. The van der Waals surface area contributed by atoms with Gasteiger partial charge in [0.1, 0.15) is 37.7 Å². The molecule has 0 saturated carbocycles. The quantitative estimate of drug-likeness (QED) is 0.00806. The Balaban J connectivity index is 0.000000232. The van der Waals surface area contributed by atoms with Gasteiger partial charge in [-0.05, 0) is 262 Å². The summed E-state index contributed by atoms with van der Waals surface area (Å²) in [7, 11) is -1.34. The number of halogens is 9. The lowest BCUT2D eigenvalue weighted by molar-refractivity contribution is -0.142. The molecular formula is C91H119BBr2F7N11O11. The summed E-state index contributed by atoms with van der Waals surface area (Å²) in [6, 6.07) is 40.2. The van der Waals surface area contributed by atoms with Crippen molar-refractivity contribution in [3.8, 4) is 11.1 Å². The molecule has 8 N–H and O–H groups in total. The van der Waals surface area contributed by atoms with Gasteiger partial charge in [0.2, 0.25) is 5.95 Å². The van der Waals surface area contributed by atoms with Crippen LogP contribution in [-0.2, 0) is 92.8 Å². The maximum atomic E-state index is 12.5. The van der Waals surface area contributed by atoms with Crippen molar-refractivity contribution in [3.63, 3.8) is 0 Å². The van der Waals surface area contributed by atoms with E-state index in [1.54, 1.807) is 54.9 Å². The second kappa shape index (κ2) is 58.8. The van der Waals surface area contributed by atoms with Crippen LogP contribution in [0.25, 0.3) is 11.1 Å². The molecule has 3 aliphatic carbocycles. The van der Waals surface area contributed by atoms with Crippen LogP contribution >= 0.6 is 31.9 Å². The Hall–Kier alpha value is -8.28. The number of pyridine rings is 6. The summed E-state index contributed by atoms with van der Waals surface area (Å²) in [4.78, 5) is 67.6. The van der Waals surface area contributed by atoms with E-state index < -0.39 is 88.1 Å². The first kappa shape index (κ1) is 102. The minimum atomic E-state index is -2.50. The van der Waals surface area contributed by atoms with Gasteiger partial charge >= 0.3 is 25.0 Å². The fourth-order valence-electron chi connectivity index (χ4n) is 14.3. The van der Waals surface area contributed by atoms with Crippen LogP contribution in [0.15, 0.2) is 161 Å². The minimum absolute atomic E-state index is 0.176. The topological polar surface area (TPSA) is 305 Å². The van der Waals surface area contributed by atoms with E-state index >= 15 is 0 Å². The van der Waals surface area contributed by atoms with Crippen molar-refractivity contribution in [3.05, 3.63) is 223 Å². The molecule has 123 heavy (non-hydrogen) atoms. The fourth-order valence-corrected chi connectivity index (χ4v) is 15.0. The van der Waals surface area contributed by atoms with Gasteiger partial charge in [0.05, 0.1) is 25.7 Å². The van der Waals surface area contributed by atoms with Crippen molar-refractivity contribution in [1.29, 1.82) is 0 Å². The number of aryl methyl sites for hydroxylation is 9. The summed E-state index contributed by atoms with van der Waals surface area (Å²) in [5, 5.41) is 48.7. The number of nitrogens with zero attached hydrogens (tertiary/aromatic N) is 9. The van der Waals surface area contributed by atoms with Gasteiger partial charge in [-0.1, -0.05) is 111 Å². The average molecular weight is 1850 g/mol. The highest BCUT2D eigenvalue weighted by molar-refractivity contribution is 9.10. The Morgan fingerprint density at radius 3 is 1.27 bits per heavy atom. The van der Waals surface area contributed by atoms with Crippen LogP contribution in [0.4, 0.5) is 36.6 Å². The summed E-state index contributed by atoms with van der Waals surface area (Å²) in [5.41, 5.74) is 20.1. The third-order valence-electron chi connectivity index (χ3n) is 21.0. The van der Waals surface area contributed by atoms with Crippen molar-refractivity contribution in [1.82, 2.24) is 44.6 Å². The number of hydrogen-bond donors (Lipinski definition) is 7. The number of aliphatic carboxylic acids is 3. The van der Waals surface area contributed by atoms with Gasteiger partial charge in [-0.2, -0.15) is 4.39 Å². The number of nitrogens with one attached hydrogen (secondary N) is 1. The van der Waals surface area contributed by atoms with Gasteiger partial charge in [-0.15, -0.1) is 0 Å². The molecule has 0 unspecified atom stereocenters. The van der Waals surface area contributed by atoms with Crippen molar-refractivity contribution in [2.45, 2.75) is 192 Å². The van der Waals surface area contributed by atoms with Crippen LogP contribution in [0.5, 0.6) is 0 Å². The van der Waals surface area contributed by atoms with Gasteiger partial charge in [-0.3, -0.25) is 29.5 Å². The first-order valence-corrected chi connectivity index (χ1v) is 44.2. The smallest absolute Gasteiger partial charge is 0.481 e. The predicted octanol–water partition coefficient (Wildman–Crippen LogP) is 15.3. The zero-order valence-corrected chi connectivity index (χ0v) is 73.1. The summed E-state index contributed by atoms with van der Waals surface area (Å²) < 4.78 is 103. The molecule has 0 bridgehead atoms. The molecule has 3 atom stereocenters. The Morgan fingerprint density at radius 1 is 0.447 bits per heavy atom. The zero-order chi connectivity index (χ0) is 88.4. The Kier molecular flexibility index (Phi) is 48.7. The number of alkyl halides is 6. The van der Waals surface area contributed by atoms with Crippen molar-refractivity contribution in [2.75, 3.05) is 104 Å². The molecule has 8 aromatic rings. The monoisotopic (exact) mass is 1840 g/mol. The number of rotatable bonds is 48. The van der Waals surface area contributed by atoms with E-state index in [2.05, 4.69) is 98.3 Å². The number of carboxylic acids is 3. The maximum Gasteiger partial charge on any atom is 0.488 e. The molecule has 670 valence electrons. The summed E-state index contributed by atoms with van der Waals surface area (Å²) in [5.74, 6) is -3.44. The maximum absolute atomic E-state index is 12.5. The normalized spacial score (nSPS) is 13.5. The van der Waals surface area contributed by atoms with Crippen LogP contribution < -0.4 is 16.5 Å². The SMILES string of the molecule is Fc1cc(Br)ccn1.N[C@@H](CCN(CCCCc1ccc2c(n1)CCCC2)CCOCC(F)F)C(=O)O.O=C(O)[C@H](CCN(CCCCc1ccc2c(n1)CCCC2)CCOCC(F)F)Cc1cc(-c2ccccc2)ccn1.O=C(O)[C@H](CCN(CCCCc1ccc2c(n1)CCCC2)CCOCC(F)F)Nc1cc(Br)ccn1.OB(O)c1ccccc1. The zero-order valence-electron chi connectivity index (χ0n) is 69.9. The van der Waals surface area contributed by atoms with E-state index in [1.807, 2.05) is 53.4 Å². The van der Waals surface area contributed by atoms with E-state index in [1.165, 1.54) is 84.6 Å². The Labute approximate surface area is 735 Å². The highest BCUT2D eigenvalue weighted by Gasteiger charge is 2.24. The molecule has 0 radical (unpaired) electrons. The number of unbranched alkanes of at least 4 members (excludes halogenated alkanes) is 3. The molecule has 32 heteroatoms. The lowest BCUT2D eigenvalue weighted by atomic mass is 9.81. The molecule has 0 amide bonds. The lowest BCUT2D eigenvalue weighted by Gasteiger charge is -2.24. The number of aromatic nitrogens is 6. The number of ether oxygens (including phenoxy) is 3. The number of nitrogens with two attached hydrogens (primary N) is 1. The number of anilines is 1. The van der Waals surface area contributed by atoms with Crippen LogP contribution in [0.2, 0.25) is 0 Å². The van der Waals surface area contributed by atoms with Gasteiger partial charge in [-0.25, -0.2) is 41.1 Å². The number of hydrogen-bond acceptors (Lipinski definition) is 19. The van der Waals surface area contributed by atoms with Crippen LogP contribution in [0.1, 0.15) is 153 Å². The summed E-state index contributed by atoms with van der Waals surface area (Å²) in [6.45, 7) is 4.00. The van der Waals surface area contributed by atoms with Crippen LogP contribution in [0, 0.1) is 11.9 Å². The molecule has 11 rings (SSSR count). The molecule has 0 saturated heterocycles. The number of carboxylic acid groups (broad SMARTS) is 3. The van der Waals surface area contributed by atoms with Crippen LogP contribution in [0.3, 0.4) is 0 Å². The molecule has 0 spiro atoms. The first-order chi connectivity index (χ1) is 59.4. The molecule has 0 fully saturated rings. The summed E-state index contributed by atoms with van der Waals surface area (Å²) >= 11 is 6.44. The average Bonchev–Trinajstić information content (AvgIpc) is 0.859. The van der Waals surface area contributed by atoms with E-state index in [0.29, 0.717) is 80.7 Å². The fraction of sp³-hybridized carbons (Fsp3) is 0.505. The number of fused-ring (bicyclic) bond motifs is 3. The first-order valence-electron chi connectivity index (χ1n) is 42.6. The summed E-state index contributed by atoms with van der Waals surface area (Å²) in [6.07, 6.45) is 20.8. The molecule has 0 aliphatic heterocycles. The van der Waals surface area contributed by atoms with E-state index in [9.17, 15) is 55.3 Å². The Morgan fingerprint density at radius 2 is 0.870 bits per heavy atom. The third-order valence-corrected chi connectivity index (χ3v) is 22.0. The highest BCUT2D eigenvalue weighted by atomic mass is 79.9. The van der Waals surface area contributed by atoms with E-state index in [4.69, 9.17) is 50.1 Å². The van der Waals surface area contributed by atoms with Gasteiger partial charge in [0, 0.05) is 113 Å². The molecular weight excluding hydrogens is 1730 g/mol. The number of carbonyl (C=O) groups is 3. The standard InChI is InChI=1S/C33H41F2N3O3.C26H35BrF2N4O3.C21H33F2N3O3.C6H7BO2.C5H3BrFN/c34-32(35)24-41-21-20-38(18-7-6-11-29-14-13-26-10-4-5-12-31(26)37-29)19-16-28(33(39)40)23-30-22-27(15-17-36-30)25-8-2-1-3-9-25;27-20-10-12-30-25(17-20)32-23(26(34)35)11-14-33(15-16-36-18-24(28)29)13-4-3-6-21-9-8-19-5-1-2-7-22(19)31-21;22-20(23)15-29-14-13-26(12-10-18(24)21(27)28)11-4-3-6-17-9-8-16-5-1-2-7-19(16)25-17;8-7(9)6-4-2-1-3-5-6;6-4-1-2-8-5(7)3-4/h1-3,8-9,13-15,17,22,28,32H,4-7,10-12,16,18-21,23-24H2,(H,39,40);8-10,12,17,23-24H,1-7,11,13-16,18H2,(H,30,32)(H,34,35);8-9,18,20H,1-7,10-15,24H2,(H,27,28);1-5,8-9H;1-3H/t28-;23-;18-;;/m100../s1. The molecule has 22 nitrogen and oxygen atoms in total. The lowest BCUT2D eigenvalue weighted by Crippen LogP contribution is -2.37.